The lowest BCUT2D eigenvalue weighted by Gasteiger charge is -2.05. The van der Waals surface area contributed by atoms with E-state index in [4.69, 9.17) is 10.5 Å². The summed E-state index contributed by atoms with van der Waals surface area (Å²) in [7, 11) is 1.95. The molecular weight excluding hydrogens is 226 g/mol. The molecule has 1 aromatic carbocycles. The topological polar surface area (TPSA) is 53.1 Å². The van der Waals surface area contributed by atoms with E-state index in [2.05, 4.69) is 24.2 Å². The van der Waals surface area contributed by atoms with Gasteiger partial charge in [-0.1, -0.05) is 6.07 Å². The maximum atomic E-state index is 5.78. The molecule has 0 fully saturated rings. The number of rotatable bonds is 2. The molecule has 0 amide bonds. The predicted octanol–water partition coefficient (Wildman–Crippen LogP) is 1.79. The smallest absolute Gasteiger partial charge is 0.122 e. The average Bonchev–Trinajstić information content (AvgIpc) is 2.94. The SMILES string of the molecule is Cc1c(-c2ccc3c(c2)CCO3)c(CN)nn1C. The first kappa shape index (κ1) is 11.3. The second kappa shape index (κ2) is 4.14. The maximum Gasteiger partial charge on any atom is 0.122 e. The average molecular weight is 243 g/mol. The first-order valence-electron chi connectivity index (χ1n) is 6.19. The standard InChI is InChI=1S/C14H17N3O/c1-9-14(12(8-15)16-17(9)2)11-3-4-13-10(7-11)5-6-18-13/h3-4,7H,5-6,8,15H2,1-2H3. The maximum absolute atomic E-state index is 5.78. The summed E-state index contributed by atoms with van der Waals surface area (Å²) in [5.41, 5.74) is 11.5. The molecule has 0 unspecified atom stereocenters. The van der Waals surface area contributed by atoms with Gasteiger partial charge in [0.2, 0.25) is 0 Å². The van der Waals surface area contributed by atoms with E-state index in [-0.39, 0.29) is 0 Å². The summed E-state index contributed by atoms with van der Waals surface area (Å²) in [5.74, 6) is 1.01. The molecule has 2 heterocycles. The molecule has 0 radical (unpaired) electrons. The number of nitrogens with two attached hydrogens (primary N) is 1. The molecule has 4 heteroatoms. The predicted molar refractivity (Wildman–Crippen MR) is 70.5 cm³/mol. The lowest BCUT2D eigenvalue weighted by atomic mass is 10.00. The van der Waals surface area contributed by atoms with Crippen LogP contribution in [0.4, 0.5) is 0 Å². The van der Waals surface area contributed by atoms with Crippen molar-refractivity contribution in [3.8, 4) is 16.9 Å². The fraction of sp³-hybridized carbons (Fsp3) is 0.357. The third kappa shape index (κ3) is 1.61. The summed E-state index contributed by atoms with van der Waals surface area (Å²) in [4.78, 5) is 0. The Hall–Kier alpha value is -1.81. The minimum Gasteiger partial charge on any atom is -0.493 e. The van der Waals surface area contributed by atoms with Crippen molar-refractivity contribution in [1.82, 2.24) is 9.78 Å². The summed E-state index contributed by atoms with van der Waals surface area (Å²) in [6, 6.07) is 6.34. The van der Waals surface area contributed by atoms with Crippen molar-refractivity contribution < 1.29 is 4.74 Å². The van der Waals surface area contributed by atoms with Crippen molar-refractivity contribution in [3.63, 3.8) is 0 Å². The quantitative estimate of drug-likeness (QED) is 0.875. The molecule has 0 saturated carbocycles. The second-order valence-corrected chi connectivity index (χ2v) is 4.66. The highest BCUT2D eigenvalue weighted by Gasteiger charge is 2.17. The number of fused-ring (bicyclic) bond motifs is 1. The van der Waals surface area contributed by atoms with E-state index in [1.807, 2.05) is 17.8 Å². The van der Waals surface area contributed by atoms with E-state index in [1.54, 1.807) is 0 Å². The molecule has 0 bridgehead atoms. The van der Waals surface area contributed by atoms with Crippen molar-refractivity contribution >= 4 is 0 Å². The molecule has 1 aliphatic heterocycles. The van der Waals surface area contributed by atoms with Crippen LogP contribution in [-0.4, -0.2) is 16.4 Å². The van der Waals surface area contributed by atoms with E-state index in [0.29, 0.717) is 6.54 Å². The van der Waals surface area contributed by atoms with Gasteiger partial charge < -0.3 is 10.5 Å². The van der Waals surface area contributed by atoms with Crippen LogP contribution in [0, 0.1) is 6.92 Å². The van der Waals surface area contributed by atoms with Crippen molar-refractivity contribution in [2.45, 2.75) is 19.9 Å². The molecule has 4 nitrogen and oxygen atoms in total. The van der Waals surface area contributed by atoms with Gasteiger partial charge in [-0.05, 0) is 30.2 Å². The van der Waals surface area contributed by atoms with Crippen LogP contribution < -0.4 is 10.5 Å². The van der Waals surface area contributed by atoms with Gasteiger partial charge in [0.25, 0.3) is 0 Å². The molecule has 3 rings (SSSR count). The molecule has 2 aromatic rings. The molecule has 0 saturated heterocycles. The Morgan fingerprint density at radius 3 is 3.06 bits per heavy atom. The Balaban J connectivity index is 2.15. The van der Waals surface area contributed by atoms with Crippen LogP contribution in [0.2, 0.25) is 0 Å². The molecule has 94 valence electrons. The molecule has 2 N–H and O–H groups in total. The summed E-state index contributed by atoms with van der Waals surface area (Å²) in [6.07, 6.45) is 0.987. The minimum absolute atomic E-state index is 0.463. The van der Waals surface area contributed by atoms with Gasteiger partial charge in [-0.15, -0.1) is 0 Å². The molecule has 0 atom stereocenters. The van der Waals surface area contributed by atoms with Gasteiger partial charge in [0.1, 0.15) is 5.75 Å². The zero-order valence-corrected chi connectivity index (χ0v) is 10.7. The number of nitrogens with zero attached hydrogens (tertiary/aromatic N) is 2. The van der Waals surface area contributed by atoms with Crippen LogP contribution in [0.15, 0.2) is 18.2 Å². The van der Waals surface area contributed by atoms with E-state index in [1.165, 1.54) is 11.1 Å². The van der Waals surface area contributed by atoms with Gasteiger partial charge in [-0.3, -0.25) is 4.68 Å². The highest BCUT2D eigenvalue weighted by molar-refractivity contribution is 5.70. The number of hydrogen-bond acceptors (Lipinski definition) is 3. The lowest BCUT2D eigenvalue weighted by Crippen LogP contribution is -1.99. The number of benzene rings is 1. The molecule has 18 heavy (non-hydrogen) atoms. The molecule has 1 aromatic heterocycles. The lowest BCUT2D eigenvalue weighted by molar-refractivity contribution is 0.357. The van der Waals surface area contributed by atoms with Crippen molar-refractivity contribution in [2.24, 2.45) is 12.8 Å². The first-order valence-corrected chi connectivity index (χ1v) is 6.19. The fourth-order valence-corrected chi connectivity index (χ4v) is 2.54. The fourth-order valence-electron chi connectivity index (χ4n) is 2.54. The largest absolute Gasteiger partial charge is 0.493 e. The Kier molecular flexibility index (Phi) is 2.59. The Labute approximate surface area is 106 Å². The van der Waals surface area contributed by atoms with Crippen molar-refractivity contribution in [1.29, 1.82) is 0 Å². The zero-order chi connectivity index (χ0) is 12.7. The summed E-state index contributed by atoms with van der Waals surface area (Å²) in [5, 5.41) is 4.46. The number of aromatic nitrogens is 2. The van der Waals surface area contributed by atoms with E-state index in [0.717, 1.165) is 35.7 Å². The van der Waals surface area contributed by atoms with Crippen LogP contribution in [0.1, 0.15) is 17.0 Å². The number of ether oxygens (including phenoxy) is 1. The first-order chi connectivity index (χ1) is 8.70. The molecule has 0 aliphatic carbocycles. The van der Waals surface area contributed by atoms with Gasteiger partial charge in [0.05, 0.1) is 12.3 Å². The third-order valence-corrected chi connectivity index (χ3v) is 3.58. The number of hydrogen-bond donors (Lipinski definition) is 1. The summed E-state index contributed by atoms with van der Waals surface area (Å²) in [6.45, 7) is 3.32. The zero-order valence-electron chi connectivity index (χ0n) is 10.7. The molecule has 1 aliphatic rings. The second-order valence-electron chi connectivity index (χ2n) is 4.66. The summed E-state index contributed by atoms with van der Waals surface area (Å²) >= 11 is 0. The van der Waals surface area contributed by atoms with Gasteiger partial charge in [0, 0.05) is 31.3 Å². The van der Waals surface area contributed by atoms with Crippen LogP contribution in [0.3, 0.4) is 0 Å². The molecular formula is C14H17N3O. The summed E-state index contributed by atoms with van der Waals surface area (Å²) < 4.78 is 7.43. The monoisotopic (exact) mass is 243 g/mol. The van der Waals surface area contributed by atoms with Crippen LogP contribution in [-0.2, 0) is 20.0 Å². The van der Waals surface area contributed by atoms with Crippen molar-refractivity contribution in [3.05, 3.63) is 35.2 Å². The minimum atomic E-state index is 0.463. The van der Waals surface area contributed by atoms with Crippen LogP contribution in [0.25, 0.3) is 11.1 Å². The Morgan fingerprint density at radius 1 is 1.44 bits per heavy atom. The molecule has 0 spiro atoms. The van der Waals surface area contributed by atoms with E-state index < -0.39 is 0 Å². The van der Waals surface area contributed by atoms with Gasteiger partial charge in [-0.25, -0.2) is 0 Å². The van der Waals surface area contributed by atoms with Gasteiger partial charge in [-0.2, -0.15) is 5.10 Å². The van der Waals surface area contributed by atoms with Crippen molar-refractivity contribution in [2.75, 3.05) is 6.61 Å². The van der Waals surface area contributed by atoms with Gasteiger partial charge >= 0.3 is 0 Å². The highest BCUT2D eigenvalue weighted by atomic mass is 16.5. The third-order valence-electron chi connectivity index (χ3n) is 3.58. The normalized spacial score (nSPS) is 13.5. The van der Waals surface area contributed by atoms with Crippen LogP contribution in [0.5, 0.6) is 5.75 Å². The van der Waals surface area contributed by atoms with Gasteiger partial charge in [0.15, 0.2) is 0 Å². The highest BCUT2D eigenvalue weighted by Crippen LogP contribution is 2.33. The van der Waals surface area contributed by atoms with E-state index >= 15 is 0 Å². The Bertz CT molecular complexity index is 601. The number of aryl methyl sites for hydroxylation is 1. The van der Waals surface area contributed by atoms with E-state index in [9.17, 15) is 0 Å². The Morgan fingerprint density at radius 2 is 2.28 bits per heavy atom. The van der Waals surface area contributed by atoms with Crippen LogP contribution >= 0.6 is 0 Å².